The van der Waals surface area contributed by atoms with Crippen molar-refractivity contribution in [2.24, 2.45) is 0 Å². The molecule has 2 aliphatic rings. The summed E-state index contributed by atoms with van der Waals surface area (Å²) in [6, 6.07) is 11.4. The summed E-state index contributed by atoms with van der Waals surface area (Å²) in [6.07, 6.45) is 6.44. The second-order valence-corrected chi connectivity index (χ2v) is 6.62. The van der Waals surface area contributed by atoms with Crippen molar-refractivity contribution in [2.45, 2.75) is 57.5 Å². The minimum absolute atomic E-state index is 0.356. The Bertz CT molecular complexity index is 487. The van der Waals surface area contributed by atoms with Crippen LogP contribution in [0.2, 0.25) is 0 Å². The van der Waals surface area contributed by atoms with E-state index in [4.69, 9.17) is 0 Å². The van der Waals surface area contributed by atoms with E-state index in [-0.39, 0.29) is 0 Å². The van der Waals surface area contributed by atoms with Gasteiger partial charge in [-0.05, 0) is 50.8 Å². The minimum Gasteiger partial charge on any atom is -0.338 e. The minimum atomic E-state index is 0.356. The Kier molecular flexibility index (Phi) is 5.14. The summed E-state index contributed by atoms with van der Waals surface area (Å²) in [6.45, 7) is 5.54. The maximum absolute atomic E-state index is 12.7. The molecule has 0 aliphatic carbocycles. The lowest BCUT2D eigenvalue weighted by Gasteiger charge is -2.34. The van der Waals surface area contributed by atoms with Crippen LogP contribution in [0.25, 0.3) is 0 Å². The van der Waals surface area contributed by atoms with Crippen molar-refractivity contribution < 1.29 is 4.79 Å². The van der Waals surface area contributed by atoms with E-state index in [0.717, 1.165) is 19.5 Å². The third kappa shape index (κ3) is 3.35. The van der Waals surface area contributed by atoms with Crippen LogP contribution >= 0.6 is 0 Å². The molecular weight excluding hydrogens is 272 g/mol. The number of carbonyl (C=O) groups is 1. The number of hydrogen-bond acceptors (Lipinski definition) is 2. The molecule has 0 radical (unpaired) electrons. The summed E-state index contributed by atoms with van der Waals surface area (Å²) in [7, 11) is 0. The van der Waals surface area contributed by atoms with Crippen LogP contribution < -0.4 is 0 Å². The highest BCUT2D eigenvalue weighted by Crippen LogP contribution is 2.30. The molecule has 2 heterocycles. The van der Waals surface area contributed by atoms with Gasteiger partial charge in [0.25, 0.3) is 0 Å². The van der Waals surface area contributed by atoms with Gasteiger partial charge in [-0.15, -0.1) is 0 Å². The van der Waals surface area contributed by atoms with Gasteiger partial charge in [-0.25, -0.2) is 0 Å². The Morgan fingerprint density at radius 2 is 1.82 bits per heavy atom. The fourth-order valence-corrected chi connectivity index (χ4v) is 4.22. The smallest absolute Gasteiger partial charge is 0.223 e. The number of aryl methyl sites for hydroxylation is 1. The van der Waals surface area contributed by atoms with Gasteiger partial charge in [-0.2, -0.15) is 0 Å². The first-order valence-corrected chi connectivity index (χ1v) is 8.87. The molecule has 120 valence electrons. The van der Waals surface area contributed by atoms with Crippen molar-refractivity contribution in [3.63, 3.8) is 0 Å². The first kappa shape index (κ1) is 15.5. The van der Waals surface area contributed by atoms with E-state index in [0.29, 0.717) is 24.4 Å². The second-order valence-electron chi connectivity index (χ2n) is 6.62. The van der Waals surface area contributed by atoms with Gasteiger partial charge in [0.2, 0.25) is 5.91 Å². The van der Waals surface area contributed by atoms with Crippen molar-refractivity contribution in [3.8, 4) is 0 Å². The second kappa shape index (κ2) is 7.28. The summed E-state index contributed by atoms with van der Waals surface area (Å²) in [5.74, 6) is 0.356. The van der Waals surface area contributed by atoms with Crippen LogP contribution in [-0.2, 0) is 11.2 Å². The van der Waals surface area contributed by atoms with Crippen LogP contribution in [0.5, 0.6) is 0 Å². The van der Waals surface area contributed by atoms with E-state index in [2.05, 4.69) is 41.0 Å². The highest BCUT2D eigenvalue weighted by molar-refractivity contribution is 5.77. The zero-order chi connectivity index (χ0) is 15.4. The molecule has 2 atom stereocenters. The molecule has 3 nitrogen and oxygen atoms in total. The van der Waals surface area contributed by atoms with Crippen molar-refractivity contribution in [2.75, 3.05) is 19.6 Å². The average Bonchev–Trinajstić information content (AvgIpc) is 3.21. The van der Waals surface area contributed by atoms with Crippen LogP contribution in [0.15, 0.2) is 30.3 Å². The van der Waals surface area contributed by atoms with Gasteiger partial charge in [0.05, 0.1) is 0 Å². The SMILES string of the molecule is CCN1CCCC1C1CCCN1C(=O)CCc1ccccc1. The number of likely N-dealkylation sites (tertiary alicyclic amines) is 2. The predicted octanol–water partition coefficient (Wildman–Crippen LogP) is 3.09. The molecule has 0 spiro atoms. The quantitative estimate of drug-likeness (QED) is 0.834. The number of nitrogens with zero attached hydrogens (tertiary/aromatic N) is 2. The Balaban J connectivity index is 1.59. The summed E-state index contributed by atoms with van der Waals surface area (Å²) in [5.41, 5.74) is 1.27. The first-order valence-electron chi connectivity index (χ1n) is 8.87. The molecule has 0 saturated carbocycles. The summed E-state index contributed by atoms with van der Waals surface area (Å²) in [4.78, 5) is 17.5. The number of carbonyl (C=O) groups excluding carboxylic acids is 1. The third-order valence-electron chi connectivity index (χ3n) is 5.35. The number of hydrogen-bond donors (Lipinski definition) is 0. The molecule has 0 bridgehead atoms. The van der Waals surface area contributed by atoms with E-state index in [1.165, 1.54) is 37.8 Å². The third-order valence-corrected chi connectivity index (χ3v) is 5.35. The Morgan fingerprint density at radius 1 is 1.09 bits per heavy atom. The van der Waals surface area contributed by atoms with Crippen molar-refractivity contribution in [1.29, 1.82) is 0 Å². The molecule has 1 aromatic rings. The summed E-state index contributed by atoms with van der Waals surface area (Å²) < 4.78 is 0. The van der Waals surface area contributed by atoms with Gasteiger partial charge in [-0.3, -0.25) is 9.69 Å². The maximum Gasteiger partial charge on any atom is 0.223 e. The number of benzene rings is 1. The molecule has 2 fully saturated rings. The fourth-order valence-electron chi connectivity index (χ4n) is 4.22. The molecular formula is C19H28N2O. The Morgan fingerprint density at radius 3 is 2.59 bits per heavy atom. The Hall–Kier alpha value is -1.35. The van der Waals surface area contributed by atoms with Crippen LogP contribution in [-0.4, -0.2) is 47.4 Å². The summed E-state index contributed by atoms with van der Waals surface area (Å²) in [5, 5.41) is 0. The molecule has 0 aromatic heterocycles. The normalized spacial score (nSPS) is 25.8. The average molecular weight is 300 g/mol. The van der Waals surface area contributed by atoms with Crippen LogP contribution in [0.4, 0.5) is 0 Å². The molecule has 0 N–H and O–H groups in total. The van der Waals surface area contributed by atoms with Gasteiger partial charge in [0, 0.05) is 25.0 Å². The van der Waals surface area contributed by atoms with Crippen LogP contribution in [0, 0.1) is 0 Å². The van der Waals surface area contributed by atoms with E-state index in [1.54, 1.807) is 0 Å². The van der Waals surface area contributed by atoms with Gasteiger partial charge >= 0.3 is 0 Å². The van der Waals surface area contributed by atoms with Gasteiger partial charge in [-0.1, -0.05) is 37.3 Å². The first-order chi connectivity index (χ1) is 10.8. The van der Waals surface area contributed by atoms with E-state index >= 15 is 0 Å². The molecule has 3 heteroatoms. The van der Waals surface area contributed by atoms with Crippen molar-refractivity contribution in [3.05, 3.63) is 35.9 Å². The number of likely N-dealkylation sites (N-methyl/N-ethyl adjacent to an activating group) is 1. The van der Waals surface area contributed by atoms with Gasteiger partial charge < -0.3 is 4.90 Å². The van der Waals surface area contributed by atoms with Crippen LogP contribution in [0.1, 0.15) is 44.6 Å². The van der Waals surface area contributed by atoms with E-state index in [1.807, 2.05) is 6.07 Å². The van der Waals surface area contributed by atoms with Crippen molar-refractivity contribution >= 4 is 5.91 Å². The van der Waals surface area contributed by atoms with E-state index < -0.39 is 0 Å². The fraction of sp³-hybridized carbons (Fsp3) is 0.632. The highest BCUT2D eigenvalue weighted by atomic mass is 16.2. The van der Waals surface area contributed by atoms with Gasteiger partial charge in [0.1, 0.15) is 0 Å². The lowest BCUT2D eigenvalue weighted by atomic mass is 10.0. The van der Waals surface area contributed by atoms with Crippen molar-refractivity contribution in [1.82, 2.24) is 9.80 Å². The number of rotatable bonds is 5. The monoisotopic (exact) mass is 300 g/mol. The molecule has 1 aromatic carbocycles. The highest BCUT2D eigenvalue weighted by Gasteiger charge is 2.38. The van der Waals surface area contributed by atoms with Crippen LogP contribution in [0.3, 0.4) is 0 Å². The largest absolute Gasteiger partial charge is 0.338 e. The molecule has 2 unspecified atom stereocenters. The zero-order valence-corrected chi connectivity index (χ0v) is 13.7. The lowest BCUT2D eigenvalue weighted by Crippen LogP contribution is -2.48. The topological polar surface area (TPSA) is 23.6 Å². The van der Waals surface area contributed by atoms with Gasteiger partial charge in [0.15, 0.2) is 0 Å². The zero-order valence-electron chi connectivity index (χ0n) is 13.7. The summed E-state index contributed by atoms with van der Waals surface area (Å²) >= 11 is 0. The maximum atomic E-state index is 12.7. The van der Waals surface area contributed by atoms with E-state index in [9.17, 15) is 4.79 Å². The predicted molar refractivity (Wildman–Crippen MR) is 89.8 cm³/mol. The molecule has 2 saturated heterocycles. The number of amides is 1. The molecule has 2 aliphatic heterocycles. The molecule has 3 rings (SSSR count). The lowest BCUT2D eigenvalue weighted by molar-refractivity contribution is -0.133. The molecule has 22 heavy (non-hydrogen) atoms. The Labute approximate surface area is 134 Å². The standard InChI is InChI=1S/C19H28N2O/c1-2-20-14-6-10-17(20)18-11-7-15-21(18)19(22)13-12-16-8-4-3-5-9-16/h3-5,8-9,17-18H,2,6-7,10-15H2,1H3. The molecule has 1 amide bonds.